The molecule has 0 saturated carbocycles. The number of carbonyl (C=O) groups is 1. The molecule has 14 heavy (non-hydrogen) atoms. The van der Waals surface area contributed by atoms with Crippen LogP contribution in [-0.4, -0.2) is 30.6 Å². The van der Waals surface area contributed by atoms with Gasteiger partial charge in [-0.2, -0.15) is 0 Å². The number of hydrogen-bond donors (Lipinski definition) is 0. The van der Waals surface area contributed by atoms with Gasteiger partial charge in [0.05, 0.1) is 30.0 Å². The zero-order valence-electron chi connectivity index (χ0n) is 8.03. The highest BCUT2D eigenvalue weighted by molar-refractivity contribution is 9.09. The summed E-state index contributed by atoms with van der Waals surface area (Å²) in [5.41, 5.74) is 2.00. The Morgan fingerprint density at radius 2 is 2.36 bits per heavy atom. The second-order valence-electron chi connectivity index (χ2n) is 2.74. The van der Waals surface area contributed by atoms with Crippen molar-refractivity contribution in [1.82, 2.24) is 4.98 Å². The standard InChI is InChI=1S/C9H11BrN2O2/c1-12(6-10)8-3-7(4-11-5-8)9(13)14-2/h3-5H,6H2,1-2H3. The molecular formula is C9H11BrN2O2. The summed E-state index contributed by atoms with van der Waals surface area (Å²) in [5.74, 6) is -0.373. The van der Waals surface area contributed by atoms with E-state index in [2.05, 4.69) is 25.7 Å². The molecule has 0 bridgehead atoms. The smallest absolute Gasteiger partial charge is 0.339 e. The molecule has 0 unspecified atom stereocenters. The lowest BCUT2D eigenvalue weighted by atomic mass is 10.2. The van der Waals surface area contributed by atoms with E-state index < -0.39 is 0 Å². The van der Waals surface area contributed by atoms with Gasteiger partial charge in [-0.05, 0) is 6.07 Å². The molecule has 1 rings (SSSR count). The topological polar surface area (TPSA) is 42.4 Å². The molecule has 0 aliphatic heterocycles. The van der Waals surface area contributed by atoms with Gasteiger partial charge in [0, 0.05) is 13.2 Å². The van der Waals surface area contributed by atoms with E-state index in [1.165, 1.54) is 13.3 Å². The van der Waals surface area contributed by atoms with E-state index in [1.54, 1.807) is 12.3 Å². The van der Waals surface area contributed by atoms with E-state index >= 15 is 0 Å². The molecule has 1 aromatic heterocycles. The van der Waals surface area contributed by atoms with Crippen LogP contribution in [0, 0.1) is 0 Å². The number of esters is 1. The molecule has 0 fully saturated rings. The molecule has 1 aromatic rings. The highest BCUT2D eigenvalue weighted by Crippen LogP contribution is 2.14. The minimum Gasteiger partial charge on any atom is -0.465 e. The first-order valence-corrected chi connectivity index (χ1v) is 5.11. The Morgan fingerprint density at radius 1 is 1.64 bits per heavy atom. The molecule has 5 heteroatoms. The number of rotatable bonds is 3. The molecule has 0 radical (unpaired) electrons. The van der Waals surface area contributed by atoms with Crippen molar-refractivity contribution in [2.75, 3.05) is 24.5 Å². The number of ether oxygens (including phenoxy) is 1. The molecule has 0 N–H and O–H groups in total. The molecule has 0 aliphatic rings. The Hall–Kier alpha value is -1.10. The first-order chi connectivity index (χ1) is 6.69. The number of methoxy groups -OCH3 is 1. The number of carbonyl (C=O) groups excluding carboxylic acids is 1. The van der Waals surface area contributed by atoms with Crippen LogP contribution in [0.25, 0.3) is 0 Å². The second kappa shape index (κ2) is 4.95. The van der Waals surface area contributed by atoms with Crippen LogP contribution < -0.4 is 4.90 Å². The van der Waals surface area contributed by atoms with Crippen molar-refractivity contribution in [2.45, 2.75) is 0 Å². The first-order valence-electron chi connectivity index (χ1n) is 3.99. The molecule has 76 valence electrons. The van der Waals surface area contributed by atoms with Crippen LogP contribution in [0.1, 0.15) is 10.4 Å². The van der Waals surface area contributed by atoms with E-state index in [4.69, 9.17) is 0 Å². The summed E-state index contributed by atoms with van der Waals surface area (Å²) in [7, 11) is 3.25. The predicted octanol–water partition coefficient (Wildman–Crippen LogP) is 1.66. The molecule has 0 spiro atoms. The summed E-state index contributed by atoms with van der Waals surface area (Å²) in [5, 5.41) is 0. The van der Waals surface area contributed by atoms with Crippen molar-refractivity contribution >= 4 is 27.6 Å². The monoisotopic (exact) mass is 258 g/mol. The average Bonchev–Trinajstić information content (AvgIpc) is 2.27. The van der Waals surface area contributed by atoms with Gasteiger partial charge in [-0.25, -0.2) is 4.79 Å². The Labute approximate surface area is 91.0 Å². The predicted molar refractivity (Wildman–Crippen MR) is 57.8 cm³/mol. The zero-order valence-corrected chi connectivity index (χ0v) is 9.61. The molecule has 0 atom stereocenters. The van der Waals surface area contributed by atoms with Crippen LogP contribution in [0.15, 0.2) is 18.5 Å². The van der Waals surface area contributed by atoms with Gasteiger partial charge in [0.15, 0.2) is 0 Å². The SMILES string of the molecule is COC(=O)c1cncc(N(C)CBr)c1. The van der Waals surface area contributed by atoms with E-state index in [-0.39, 0.29) is 5.97 Å². The van der Waals surface area contributed by atoms with Crippen molar-refractivity contribution in [3.05, 3.63) is 24.0 Å². The van der Waals surface area contributed by atoms with Crippen LogP contribution in [-0.2, 0) is 4.74 Å². The number of pyridine rings is 1. The Bertz CT molecular complexity index is 330. The third-order valence-electron chi connectivity index (χ3n) is 1.76. The van der Waals surface area contributed by atoms with Crippen molar-refractivity contribution < 1.29 is 9.53 Å². The number of halogens is 1. The maximum absolute atomic E-state index is 11.2. The Morgan fingerprint density at radius 3 is 2.93 bits per heavy atom. The summed E-state index contributed by atoms with van der Waals surface area (Å²) in [6, 6.07) is 1.74. The van der Waals surface area contributed by atoms with Gasteiger partial charge < -0.3 is 9.64 Å². The van der Waals surface area contributed by atoms with Crippen molar-refractivity contribution in [3.63, 3.8) is 0 Å². The van der Waals surface area contributed by atoms with Gasteiger partial charge in [-0.15, -0.1) is 0 Å². The molecule has 0 amide bonds. The zero-order chi connectivity index (χ0) is 10.6. The maximum atomic E-state index is 11.2. The third kappa shape index (κ3) is 2.45. The number of aromatic nitrogens is 1. The van der Waals surface area contributed by atoms with Gasteiger partial charge in [-0.1, -0.05) is 15.9 Å². The molecule has 0 saturated heterocycles. The number of hydrogen-bond acceptors (Lipinski definition) is 4. The van der Waals surface area contributed by atoms with E-state index in [0.717, 1.165) is 5.69 Å². The van der Waals surface area contributed by atoms with E-state index in [0.29, 0.717) is 11.0 Å². The fourth-order valence-corrected chi connectivity index (χ4v) is 1.22. The van der Waals surface area contributed by atoms with Crippen LogP contribution in [0.3, 0.4) is 0 Å². The van der Waals surface area contributed by atoms with E-state index in [1.807, 2.05) is 11.9 Å². The molecule has 0 aromatic carbocycles. The fourth-order valence-electron chi connectivity index (χ4n) is 0.935. The van der Waals surface area contributed by atoms with Gasteiger partial charge in [0.25, 0.3) is 0 Å². The van der Waals surface area contributed by atoms with Gasteiger partial charge in [-0.3, -0.25) is 4.98 Å². The van der Waals surface area contributed by atoms with E-state index in [9.17, 15) is 4.79 Å². The summed E-state index contributed by atoms with van der Waals surface area (Å²) in [6.45, 7) is 0. The molecule has 0 aliphatic carbocycles. The highest BCUT2D eigenvalue weighted by atomic mass is 79.9. The van der Waals surface area contributed by atoms with Crippen LogP contribution in [0.4, 0.5) is 5.69 Å². The largest absolute Gasteiger partial charge is 0.465 e. The third-order valence-corrected chi connectivity index (χ3v) is 2.52. The van der Waals surface area contributed by atoms with Gasteiger partial charge in [0.1, 0.15) is 0 Å². The van der Waals surface area contributed by atoms with Crippen molar-refractivity contribution in [2.24, 2.45) is 0 Å². The number of anilines is 1. The summed E-state index contributed by atoms with van der Waals surface area (Å²) >= 11 is 3.31. The van der Waals surface area contributed by atoms with Crippen LogP contribution in [0.5, 0.6) is 0 Å². The van der Waals surface area contributed by atoms with Crippen molar-refractivity contribution in [3.8, 4) is 0 Å². The Kier molecular flexibility index (Phi) is 3.88. The Balaban J connectivity index is 2.95. The maximum Gasteiger partial charge on any atom is 0.339 e. The minimum absolute atomic E-state index is 0.373. The highest BCUT2D eigenvalue weighted by Gasteiger charge is 2.07. The molecule has 4 nitrogen and oxygen atoms in total. The summed E-state index contributed by atoms with van der Waals surface area (Å²) in [4.78, 5) is 17.1. The molecular weight excluding hydrogens is 248 g/mol. The number of alkyl halides is 1. The van der Waals surface area contributed by atoms with Crippen molar-refractivity contribution in [1.29, 1.82) is 0 Å². The summed E-state index contributed by atoms with van der Waals surface area (Å²) < 4.78 is 4.60. The van der Waals surface area contributed by atoms with Gasteiger partial charge in [0.2, 0.25) is 0 Å². The minimum atomic E-state index is -0.373. The quantitative estimate of drug-likeness (QED) is 0.470. The molecule has 1 heterocycles. The fraction of sp³-hybridized carbons (Fsp3) is 0.333. The van der Waals surface area contributed by atoms with Gasteiger partial charge >= 0.3 is 5.97 Å². The lowest BCUT2D eigenvalue weighted by molar-refractivity contribution is 0.0600. The number of nitrogens with zero attached hydrogens (tertiary/aromatic N) is 2. The first kappa shape index (κ1) is 11.0. The average molecular weight is 259 g/mol. The normalized spacial score (nSPS) is 9.64. The summed E-state index contributed by atoms with van der Waals surface area (Å²) in [6.07, 6.45) is 3.17. The lowest BCUT2D eigenvalue weighted by Crippen LogP contribution is -2.15. The lowest BCUT2D eigenvalue weighted by Gasteiger charge is -2.15. The van der Waals surface area contributed by atoms with Crippen LogP contribution >= 0.6 is 15.9 Å². The second-order valence-corrected chi connectivity index (χ2v) is 3.24. The van der Waals surface area contributed by atoms with Crippen LogP contribution in [0.2, 0.25) is 0 Å².